The van der Waals surface area contributed by atoms with Crippen molar-refractivity contribution in [2.24, 2.45) is 0 Å². The molecule has 0 aliphatic carbocycles. The van der Waals surface area contributed by atoms with Crippen LogP contribution in [0.5, 0.6) is 5.75 Å². The molecule has 3 nitrogen and oxygen atoms in total. The van der Waals surface area contributed by atoms with E-state index in [9.17, 15) is 9.18 Å². The van der Waals surface area contributed by atoms with Gasteiger partial charge in [0.2, 0.25) is 0 Å². The summed E-state index contributed by atoms with van der Waals surface area (Å²) in [7, 11) is 1.71. The molecule has 1 heterocycles. The smallest absolute Gasteiger partial charge is 0.263 e. The van der Waals surface area contributed by atoms with Crippen molar-refractivity contribution in [2.45, 2.75) is 12.5 Å². The molecule has 2 rings (SSSR count). The van der Waals surface area contributed by atoms with Crippen LogP contribution in [0.25, 0.3) is 0 Å². The second-order valence-electron chi connectivity index (χ2n) is 3.73. The van der Waals surface area contributed by atoms with Gasteiger partial charge in [0.25, 0.3) is 5.91 Å². The van der Waals surface area contributed by atoms with E-state index in [4.69, 9.17) is 4.74 Å². The van der Waals surface area contributed by atoms with Gasteiger partial charge in [-0.3, -0.25) is 4.79 Å². The highest BCUT2D eigenvalue weighted by atomic mass is 79.9. The predicted octanol–water partition coefficient (Wildman–Crippen LogP) is 2.20. The van der Waals surface area contributed by atoms with Crippen molar-refractivity contribution in [3.05, 3.63) is 28.5 Å². The number of ether oxygens (including phenoxy) is 1. The Labute approximate surface area is 101 Å². The van der Waals surface area contributed by atoms with E-state index in [1.54, 1.807) is 18.0 Å². The Morgan fingerprint density at radius 3 is 2.88 bits per heavy atom. The van der Waals surface area contributed by atoms with Crippen molar-refractivity contribution in [1.82, 2.24) is 4.90 Å². The van der Waals surface area contributed by atoms with Crippen LogP contribution < -0.4 is 4.74 Å². The van der Waals surface area contributed by atoms with E-state index in [2.05, 4.69) is 15.9 Å². The molecule has 1 aliphatic rings. The van der Waals surface area contributed by atoms with E-state index >= 15 is 0 Å². The highest BCUT2D eigenvalue weighted by molar-refractivity contribution is 9.10. The fourth-order valence-electron chi connectivity index (χ4n) is 1.62. The van der Waals surface area contributed by atoms with Gasteiger partial charge in [-0.2, -0.15) is 0 Å². The van der Waals surface area contributed by atoms with E-state index in [-0.39, 0.29) is 11.7 Å². The van der Waals surface area contributed by atoms with Crippen LogP contribution in [-0.2, 0) is 4.79 Å². The second-order valence-corrected chi connectivity index (χ2v) is 4.65. The molecule has 1 aliphatic heterocycles. The van der Waals surface area contributed by atoms with Crippen molar-refractivity contribution < 1.29 is 13.9 Å². The second kappa shape index (κ2) is 4.41. The van der Waals surface area contributed by atoms with Crippen LogP contribution >= 0.6 is 15.9 Å². The molecule has 0 radical (unpaired) electrons. The monoisotopic (exact) mass is 287 g/mol. The first kappa shape index (κ1) is 11.4. The number of halogens is 2. The van der Waals surface area contributed by atoms with Crippen LogP contribution in [-0.4, -0.2) is 30.5 Å². The Kier molecular flexibility index (Phi) is 3.14. The number of nitrogens with zero attached hydrogens (tertiary/aromatic N) is 1. The first-order valence-electron chi connectivity index (χ1n) is 4.94. The summed E-state index contributed by atoms with van der Waals surface area (Å²) >= 11 is 3.16. The molecule has 1 aromatic rings. The fraction of sp³-hybridized carbons (Fsp3) is 0.364. The SMILES string of the molecule is CN1CCC(Oc2ccc(Br)cc2F)C1=O. The average molecular weight is 288 g/mol. The van der Waals surface area contributed by atoms with E-state index < -0.39 is 11.9 Å². The van der Waals surface area contributed by atoms with Gasteiger partial charge >= 0.3 is 0 Å². The summed E-state index contributed by atoms with van der Waals surface area (Å²) in [5.41, 5.74) is 0. The van der Waals surface area contributed by atoms with E-state index in [1.807, 2.05) is 0 Å². The minimum Gasteiger partial charge on any atom is -0.477 e. The van der Waals surface area contributed by atoms with Gasteiger partial charge in [0.15, 0.2) is 17.7 Å². The summed E-state index contributed by atoms with van der Waals surface area (Å²) in [6.07, 6.45) is 0.0471. The number of likely N-dealkylation sites (tertiary alicyclic amines) is 1. The molecular weight excluding hydrogens is 277 g/mol. The summed E-state index contributed by atoms with van der Waals surface area (Å²) in [4.78, 5) is 13.1. The third-order valence-electron chi connectivity index (χ3n) is 2.54. The lowest BCUT2D eigenvalue weighted by atomic mass is 10.3. The van der Waals surface area contributed by atoms with Crippen LogP contribution in [0.3, 0.4) is 0 Å². The quantitative estimate of drug-likeness (QED) is 0.835. The molecule has 0 N–H and O–H groups in total. The molecule has 0 saturated carbocycles. The lowest BCUT2D eigenvalue weighted by molar-refractivity contribution is -0.132. The third-order valence-corrected chi connectivity index (χ3v) is 3.03. The molecular formula is C11H11BrFNO2. The number of likely N-dealkylation sites (N-methyl/N-ethyl adjacent to an activating group) is 1. The molecule has 0 aromatic heterocycles. The largest absolute Gasteiger partial charge is 0.477 e. The molecule has 0 bridgehead atoms. The van der Waals surface area contributed by atoms with Crippen LogP contribution in [0.4, 0.5) is 4.39 Å². The number of amides is 1. The summed E-state index contributed by atoms with van der Waals surface area (Å²) < 4.78 is 19.5. The fourth-order valence-corrected chi connectivity index (χ4v) is 1.96. The maximum atomic E-state index is 13.4. The van der Waals surface area contributed by atoms with Crippen LogP contribution in [0.15, 0.2) is 22.7 Å². The summed E-state index contributed by atoms with van der Waals surface area (Å²) in [5, 5.41) is 0. The van der Waals surface area contributed by atoms with E-state index in [1.165, 1.54) is 12.1 Å². The molecule has 5 heteroatoms. The van der Waals surface area contributed by atoms with Crippen LogP contribution in [0, 0.1) is 5.82 Å². The zero-order valence-electron chi connectivity index (χ0n) is 8.74. The van der Waals surface area contributed by atoms with Gasteiger partial charge in [0, 0.05) is 24.5 Å². The summed E-state index contributed by atoms with van der Waals surface area (Å²) in [5.74, 6) is -0.434. The molecule has 86 valence electrons. The Hall–Kier alpha value is -1.10. The summed E-state index contributed by atoms with van der Waals surface area (Å²) in [6.45, 7) is 0.654. The molecule has 1 amide bonds. The third kappa shape index (κ3) is 2.19. The topological polar surface area (TPSA) is 29.5 Å². The number of hydrogen-bond donors (Lipinski definition) is 0. The first-order valence-corrected chi connectivity index (χ1v) is 5.74. The van der Waals surface area contributed by atoms with Crippen LogP contribution in [0.2, 0.25) is 0 Å². The molecule has 0 spiro atoms. The molecule has 1 fully saturated rings. The molecule has 16 heavy (non-hydrogen) atoms. The zero-order chi connectivity index (χ0) is 11.7. The molecule has 1 atom stereocenters. The Balaban J connectivity index is 2.12. The summed E-state index contributed by atoms with van der Waals surface area (Å²) in [6, 6.07) is 4.52. The van der Waals surface area contributed by atoms with Gasteiger partial charge in [-0.05, 0) is 18.2 Å². The maximum Gasteiger partial charge on any atom is 0.263 e. The van der Waals surface area contributed by atoms with Gasteiger partial charge in [0.05, 0.1) is 0 Å². The normalized spacial score (nSPS) is 20.3. The van der Waals surface area contributed by atoms with Crippen molar-refractivity contribution in [1.29, 1.82) is 0 Å². The van der Waals surface area contributed by atoms with E-state index in [0.29, 0.717) is 17.4 Å². The van der Waals surface area contributed by atoms with Crippen molar-refractivity contribution >= 4 is 21.8 Å². The minimum absolute atomic E-state index is 0.0951. The number of carbonyl (C=O) groups excluding carboxylic acids is 1. The van der Waals surface area contributed by atoms with Crippen molar-refractivity contribution in [2.75, 3.05) is 13.6 Å². The standard InChI is InChI=1S/C11H11BrFNO2/c1-14-5-4-10(11(14)15)16-9-3-2-7(12)6-8(9)13/h2-3,6,10H,4-5H2,1H3. The Morgan fingerprint density at radius 1 is 1.56 bits per heavy atom. The minimum atomic E-state index is -0.555. The van der Waals surface area contributed by atoms with Gasteiger partial charge in [-0.15, -0.1) is 0 Å². The Morgan fingerprint density at radius 2 is 2.31 bits per heavy atom. The highest BCUT2D eigenvalue weighted by Crippen LogP contribution is 2.24. The number of rotatable bonds is 2. The van der Waals surface area contributed by atoms with E-state index in [0.717, 1.165) is 0 Å². The highest BCUT2D eigenvalue weighted by Gasteiger charge is 2.31. The average Bonchev–Trinajstić information content (AvgIpc) is 2.54. The van der Waals surface area contributed by atoms with Gasteiger partial charge in [0.1, 0.15) is 0 Å². The van der Waals surface area contributed by atoms with Crippen molar-refractivity contribution in [3.8, 4) is 5.75 Å². The zero-order valence-corrected chi connectivity index (χ0v) is 10.3. The number of carbonyl (C=O) groups is 1. The lowest BCUT2D eigenvalue weighted by Crippen LogP contribution is -2.29. The predicted molar refractivity (Wildman–Crippen MR) is 60.8 cm³/mol. The maximum absolute atomic E-state index is 13.4. The van der Waals surface area contributed by atoms with Gasteiger partial charge < -0.3 is 9.64 Å². The first-order chi connectivity index (χ1) is 7.58. The number of benzene rings is 1. The van der Waals surface area contributed by atoms with Crippen LogP contribution in [0.1, 0.15) is 6.42 Å². The lowest BCUT2D eigenvalue weighted by Gasteiger charge is -2.13. The molecule has 1 saturated heterocycles. The van der Waals surface area contributed by atoms with Gasteiger partial charge in [-0.1, -0.05) is 15.9 Å². The van der Waals surface area contributed by atoms with Gasteiger partial charge in [-0.25, -0.2) is 4.39 Å². The van der Waals surface area contributed by atoms with Crippen molar-refractivity contribution in [3.63, 3.8) is 0 Å². The Bertz CT molecular complexity index is 424. The number of hydrogen-bond acceptors (Lipinski definition) is 2. The molecule has 1 aromatic carbocycles. The molecule has 1 unspecified atom stereocenters.